The molecular formula is C36H38N2O10. The first-order valence-electron chi connectivity index (χ1n) is 15.6. The molecule has 48 heavy (non-hydrogen) atoms. The molecule has 3 aliphatic heterocycles. The average molecular weight is 659 g/mol. The summed E-state index contributed by atoms with van der Waals surface area (Å²) in [7, 11) is 6.41. The number of hydrogen-bond acceptors (Lipinski definition) is 12. The number of piperazine rings is 1. The Labute approximate surface area is 278 Å². The molecule has 0 spiro atoms. The predicted octanol–water partition coefficient (Wildman–Crippen LogP) is 5.09. The zero-order valence-electron chi connectivity index (χ0n) is 27.2. The zero-order chi connectivity index (χ0) is 33.4. The summed E-state index contributed by atoms with van der Waals surface area (Å²) in [5.41, 5.74) is 3.20. The molecule has 7 rings (SSSR count). The normalized spacial score (nSPS) is 16.8. The third-order valence-corrected chi connectivity index (χ3v) is 9.16. The van der Waals surface area contributed by atoms with Crippen LogP contribution in [0.4, 0.5) is 0 Å². The number of nitrogens with zero attached hydrogens (tertiary/aromatic N) is 2. The van der Waals surface area contributed by atoms with Crippen LogP contribution in [0, 0.1) is 0 Å². The molecule has 4 aromatic carbocycles. The van der Waals surface area contributed by atoms with E-state index in [1.54, 1.807) is 40.6 Å². The quantitative estimate of drug-likeness (QED) is 0.236. The minimum atomic E-state index is -0.347. The van der Waals surface area contributed by atoms with E-state index in [9.17, 15) is 10.2 Å². The van der Waals surface area contributed by atoms with Crippen molar-refractivity contribution in [3.8, 4) is 57.5 Å². The fraction of sp³-hybridized carbons (Fsp3) is 0.333. The number of ether oxygens (including phenoxy) is 8. The summed E-state index contributed by atoms with van der Waals surface area (Å²) in [5.74, 6) is 4.79. The molecule has 12 heteroatoms. The molecule has 0 radical (unpaired) electrons. The first-order chi connectivity index (χ1) is 23.4. The molecule has 0 aromatic heterocycles. The average Bonchev–Trinajstić information content (AvgIpc) is 3.77. The summed E-state index contributed by atoms with van der Waals surface area (Å²) in [6, 6.07) is 17.8. The number of methoxy groups -OCH3 is 4. The Morgan fingerprint density at radius 2 is 0.854 bits per heavy atom. The third kappa shape index (κ3) is 5.67. The number of benzene rings is 4. The van der Waals surface area contributed by atoms with Crippen LogP contribution < -0.4 is 37.9 Å². The van der Waals surface area contributed by atoms with Crippen LogP contribution in [0.5, 0.6) is 57.5 Å². The highest BCUT2D eigenvalue weighted by atomic mass is 16.7. The number of aromatic hydroxyl groups is 2. The maximum atomic E-state index is 11.3. The topological polar surface area (TPSA) is 121 Å². The molecule has 4 aromatic rings. The Kier molecular flexibility index (Phi) is 8.59. The Balaban J connectivity index is 1.25. The van der Waals surface area contributed by atoms with Crippen molar-refractivity contribution in [2.24, 2.45) is 0 Å². The number of phenolic OH excluding ortho intramolecular Hbond substituents is 2. The van der Waals surface area contributed by atoms with Crippen molar-refractivity contribution < 1.29 is 48.1 Å². The van der Waals surface area contributed by atoms with Crippen LogP contribution in [-0.2, 0) is 0 Å². The number of rotatable bonds is 10. The van der Waals surface area contributed by atoms with Gasteiger partial charge in [-0.3, -0.25) is 9.80 Å². The number of hydrogen-bond donors (Lipinski definition) is 2. The first-order valence-corrected chi connectivity index (χ1v) is 15.6. The van der Waals surface area contributed by atoms with E-state index in [1.807, 2.05) is 48.5 Å². The summed E-state index contributed by atoms with van der Waals surface area (Å²) in [6.45, 7) is 2.71. The minimum absolute atomic E-state index is 0.0994. The van der Waals surface area contributed by atoms with Gasteiger partial charge in [0.2, 0.25) is 13.6 Å². The van der Waals surface area contributed by atoms with E-state index in [2.05, 4.69) is 9.80 Å². The van der Waals surface area contributed by atoms with Gasteiger partial charge in [0.15, 0.2) is 46.0 Å². The maximum absolute atomic E-state index is 11.3. The SMILES string of the molecule is COc1ccc([C@@H](c2cc3c(cc2O)OCO3)N2CCN([C@@H](c3ccc(OC)c(OC)c3)c3cc4c(cc3O)OCO4)CC2)cc1OC. The van der Waals surface area contributed by atoms with Crippen molar-refractivity contribution in [1.82, 2.24) is 9.80 Å². The van der Waals surface area contributed by atoms with Gasteiger partial charge in [-0.25, -0.2) is 0 Å². The van der Waals surface area contributed by atoms with Crippen LogP contribution >= 0.6 is 0 Å². The molecule has 2 atom stereocenters. The third-order valence-electron chi connectivity index (χ3n) is 9.16. The fourth-order valence-corrected chi connectivity index (χ4v) is 6.81. The predicted molar refractivity (Wildman–Crippen MR) is 174 cm³/mol. The summed E-state index contributed by atoms with van der Waals surface area (Å²) >= 11 is 0. The van der Waals surface area contributed by atoms with Gasteiger partial charge in [0.25, 0.3) is 0 Å². The maximum Gasteiger partial charge on any atom is 0.231 e. The highest BCUT2D eigenvalue weighted by Crippen LogP contribution is 2.47. The van der Waals surface area contributed by atoms with Gasteiger partial charge in [0.05, 0.1) is 40.5 Å². The number of fused-ring (bicyclic) bond motifs is 2. The molecule has 2 N–H and O–H groups in total. The largest absolute Gasteiger partial charge is 0.507 e. The lowest BCUT2D eigenvalue weighted by atomic mass is 9.92. The van der Waals surface area contributed by atoms with Gasteiger partial charge in [0, 0.05) is 49.4 Å². The first kappa shape index (κ1) is 31.4. The van der Waals surface area contributed by atoms with Crippen molar-refractivity contribution in [1.29, 1.82) is 0 Å². The lowest BCUT2D eigenvalue weighted by Crippen LogP contribution is -2.49. The molecule has 3 heterocycles. The van der Waals surface area contributed by atoms with Gasteiger partial charge in [0.1, 0.15) is 11.5 Å². The van der Waals surface area contributed by atoms with Gasteiger partial charge in [-0.05, 0) is 47.5 Å². The van der Waals surface area contributed by atoms with E-state index in [0.717, 1.165) is 11.1 Å². The van der Waals surface area contributed by atoms with E-state index < -0.39 is 0 Å². The second kappa shape index (κ2) is 13.1. The highest BCUT2D eigenvalue weighted by molar-refractivity contribution is 5.57. The van der Waals surface area contributed by atoms with Crippen molar-refractivity contribution in [3.05, 3.63) is 82.9 Å². The van der Waals surface area contributed by atoms with Crippen LogP contribution in [-0.4, -0.2) is 88.2 Å². The van der Waals surface area contributed by atoms with Crippen LogP contribution in [0.3, 0.4) is 0 Å². The van der Waals surface area contributed by atoms with Crippen molar-refractivity contribution in [3.63, 3.8) is 0 Å². The van der Waals surface area contributed by atoms with Crippen molar-refractivity contribution >= 4 is 0 Å². The van der Waals surface area contributed by atoms with E-state index in [-0.39, 0.29) is 37.2 Å². The zero-order valence-corrected chi connectivity index (χ0v) is 27.2. The molecule has 0 aliphatic carbocycles. The summed E-state index contributed by atoms with van der Waals surface area (Å²) < 4.78 is 44.8. The molecule has 1 fully saturated rings. The standard InChI is InChI=1S/C36H38N2O10/c1-41-27-7-5-21(13-29(27)43-3)35(23-15-31-33(17-25(23)39)47-19-45-31)37-9-11-38(12-10-37)36(22-6-8-28(42-2)30(14-22)44-4)24-16-32-34(18-26(24)40)48-20-46-32/h5-8,13-18,35-36,39-40H,9-12,19-20H2,1-4H3/t35-,36-/m0/s1. The molecule has 3 aliphatic rings. The second-order valence-electron chi connectivity index (χ2n) is 11.6. The molecule has 0 bridgehead atoms. The van der Waals surface area contributed by atoms with Crippen LogP contribution in [0.1, 0.15) is 34.3 Å². The minimum Gasteiger partial charge on any atom is -0.507 e. The van der Waals surface area contributed by atoms with Gasteiger partial charge < -0.3 is 48.1 Å². The number of phenols is 2. The Bertz CT molecular complexity index is 1680. The van der Waals surface area contributed by atoms with E-state index in [4.69, 9.17) is 37.9 Å². The van der Waals surface area contributed by atoms with E-state index in [1.165, 1.54) is 0 Å². The Morgan fingerprint density at radius 3 is 1.21 bits per heavy atom. The smallest absolute Gasteiger partial charge is 0.231 e. The van der Waals surface area contributed by atoms with Gasteiger partial charge in [-0.2, -0.15) is 0 Å². The monoisotopic (exact) mass is 658 g/mol. The van der Waals surface area contributed by atoms with Crippen LogP contribution in [0.25, 0.3) is 0 Å². The molecule has 252 valence electrons. The summed E-state index contributed by atoms with van der Waals surface area (Å²) in [6.07, 6.45) is 0. The molecule has 1 saturated heterocycles. The Morgan fingerprint density at radius 1 is 0.500 bits per heavy atom. The van der Waals surface area contributed by atoms with Gasteiger partial charge in [-0.15, -0.1) is 0 Å². The van der Waals surface area contributed by atoms with Crippen LogP contribution in [0.2, 0.25) is 0 Å². The molecule has 12 nitrogen and oxygen atoms in total. The Hall–Kier alpha value is -5.20. The summed E-state index contributed by atoms with van der Waals surface area (Å²) in [4.78, 5) is 4.64. The van der Waals surface area contributed by atoms with Crippen molar-refractivity contribution in [2.75, 3.05) is 68.2 Å². The summed E-state index contributed by atoms with van der Waals surface area (Å²) in [5, 5.41) is 22.6. The lowest BCUT2D eigenvalue weighted by Gasteiger charge is -2.43. The lowest BCUT2D eigenvalue weighted by molar-refractivity contribution is 0.0881. The molecular weight excluding hydrogens is 620 g/mol. The van der Waals surface area contributed by atoms with Gasteiger partial charge in [-0.1, -0.05) is 12.1 Å². The fourth-order valence-electron chi connectivity index (χ4n) is 6.81. The van der Waals surface area contributed by atoms with E-state index >= 15 is 0 Å². The second-order valence-corrected chi connectivity index (χ2v) is 11.6. The van der Waals surface area contributed by atoms with Crippen molar-refractivity contribution in [2.45, 2.75) is 12.1 Å². The molecule has 0 unspecified atom stereocenters. The van der Waals surface area contributed by atoms with E-state index in [0.29, 0.717) is 83.3 Å². The van der Waals surface area contributed by atoms with Gasteiger partial charge >= 0.3 is 0 Å². The van der Waals surface area contributed by atoms with Crippen LogP contribution in [0.15, 0.2) is 60.7 Å². The highest BCUT2D eigenvalue weighted by Gasteiger charge is 2.35. The molecule has 0 saturated carbocycles. The molecule has 0 amide bonds.